The maximum atomic E-state index is 12.5. The number of carboxylic acid groups (broad SMARTS) is 1. The molecule has 2 N–H and O–H groups in total. The van der Waals surface area contributed by atoms with Crippen molar-refractivity contribution in [3.05, 3.63) is 99.2 Å². The van der Waals surface area contributed by atoms with Gasteiger partial charge in [-0.05, 0) is 56.9 Å². The average molecular weight is 531 g/mol. The summed E-state index contributed by atoms with van der Waals surface area (Å²) in [6, 6.07) is 21.0. The van der Waals surface area contributed by atoms with Gasteiger partial charge in [0.05, 0.1) is 28.4 Å². The van der Waals surface area contributed by atoms with E-state index in [0.29, 0.717) is 57.6 Å². The second-order valence-electron chi connectivity index (χ2n) is 8.49. The number of methoxy groups -OCH3 is 1. The van der Waals surface area contributed by atoms with Crippen LogP contribution in [-0.2, 0) is 13.1 Å². The highest BCUT2D eigenvalue weighted by molar-refractivity contribution is 9.10. The fraction of sp³-hybridized carbons (Fsp3) is 0.143. The number of ether oxygens (including phenoxy) is 1. The molecule has 0 atom stereocenters. The van der Waals surface area contributed by atoms with E-state index in [0.717, 1.165) is 16.7 Å². The van der Waals surface area contributed by atoms with Crippen LogP contribution in [0.5, 0.6) is 11.5 Å². The van der Waals surface area contributed by atoms with Crippen molar-refractivity contribution in [2.24, 2.45) is 0 Å². The molecule has 0 spiro atoms. The van der Waals surface area contributed by atoms with Crippen molar-refractivity contribution in [3.8, 4) is 11.5 Å². The molecule has 2 heterocycles. The van der Waals surface area contributed by atoms with Crippen LogP contribution in [0.25, 0.3) is 22.6 Å². The zero-order valence-corrected chi connectivity index (χ0v) is 20.6. The molecule has 0 unspecified atom stereocenters. The summed E-state index contributed by atoms with van der Waals surface area (Å²) in [4.78, 5) is 19.6. The van der Waals surface area contributed by atoms with Gasteiger partial charge in [-0.15, -0.1) is 0 Å². The summed E-state index contributed by atoms with van der Waals surface area (Å²) in [6.45, 7) is 1.74. The van der Waals surface area contributed by atoms with E-state index in [1.165, 1.54) is 7.11 Å². The van der Waals surface area contributed by atoms with Gasteiger partial charge in [0, 0.05) is 30.6 Å². The fourth-order valence-corrected chi connectivity index (χ4v) is 5.07. The quantitative estimate of drug-likeness (QED) is 0.331. The Bertz CT molecular complexity index is 1470. The first kappa shape index (κ1) is 23.1. The summed E-state index contributed by atoms with van der Waals surface area (Å²) < 4.78 is 5.83. The lowest BCUT2D eigenvalue weighted by molar-refractivity contribution is 0.0696. The van der Waals surface area contributed by atoms with Gasteiger partial charge >= 0.3 is 5.97 Å². The molecule has 1 aromatic heterocycles. The summed E-state index contributed by atoms with van der Waals surface area (Å²) in [6.07, 6.45) is 1.98. The van der Waals surface area contributed by atoms with Gasteiger partial charge in [-0.25, -0.2) is 9.78 Å². The van der Waals surface area contributed by atoms with Crippen molar-refractivity contribution in [1.82, 2.24) is 9.88 Å². The minimum atomic E-state index is -0.963. The number of hydrogen-bond donors (Lipinski definition) is 2. The minimum absolute atomic E-state index is 0.0293. The van der Waals surface area contributed by atoms with Gasteiger partial charge in [-0.1, -0.05) is 48.5 Å². The molecule has 0 aliphatic carbocycles. The Morgan fingerprint density at radius 3 is 2.60 bits per heavy atom. The molecule has 0 bridgehead atoms. The van der Waals surface area contributed by atoms with Crippen molar-refractivity contribution in [3.63, 3.8) is 0 Å². The number of rotatable bonds is 5. The minimum Gasteiger partial charge on any atom is -0.503 e. The normalized spacial score (nSPS) is 14.7. The lowest BCUT2D eigenvalue weighted by Crippen LogP contribution is -2.31. The van der Waals surface area contributed by atoms with Crippen LogP contribution in [0.4, 0.5) is 0 Å². The Balaban J connectivity index is 1.70. The van der Waals surface area contributed by atoms with E-state index in [4.69, 9.17) is 9.72 Å². The predicted molar refractivity (Wildman–Crippen MR) is 139 cm³/mol. The van der Waals surface area contributed by atoms with Gasteiger partial charge in [-0.3, -0.25) is 4.90 Å². The molecule has 0 fully saturated rings. The lowest BCUT2D eigenvalue weighted by atomic mass is 9.91. The maximum absolute atomic E-state index is 12.5. The number of aromatic hydroxyl groups is 1. The Morgan fingerprint density at radius 1 is 1.11 bits per heavy atom. The van der Waals surface area contributed by atoms with Gasteiger partial charge in [0.25, 0.3) is 0 Å². The Kier molecular flexibility index (Phi) is 6.28. The number of nitrogens with zero attached hydrogens (tertiary/aromatic N) is 2. The molecule has 1 aliphatic rings. The Morgan fingerprint density at radius 2 is 1.86 bits per heavy atom. The highest BCUT2D eigenvalue weighted by Gasteiger charge is 2.28. The third-order valence-corrected chi connectivity index (χ3v) is 6.75. The number of halogens is 1. The van der Waals surface area contributed by atoms with Crippen LogP contribution in [0.15, 0.2) is 71.2 Å². The van der Waals surface area contributed by atoms with Crippen molar-refractivity contribution in [2.45, 2.75) is 13.1 Å². The second kappa shape index (κ2) is 9.52. The molecular formula is C28H23BrN2O4. The summed E-state index contributed by atoms with van der Waals surface area (Å²) in [5, 5.41) is 21.1. The van der Waals surface area contributed by atoms with Crippen molar-refractivity contribution in [1.29, 1.82) is 0 Å². The summed E-state index contributed by atoms with van der Waals surface area (Å²) in [5.74, 6) is -0.586. The molecule has 6 nitrogen and oxygen atoms in total. The lowest BCUT2D eigenvalue weighted by Gasteiger charge is -2.31. The number of carboxylic acids is 1. The highest BCUT2D eigenvalue weighted by atomic mass is 79.9. The van der Waals surface area contributed by atoms with E-state index in [1.54, 1.807) is 12.1 Å². The summed E-state index contributed by atoms with van der Waals surface area (Å²) >= 11 is 3.39. The first-order chi connectivity index (χ1) is 16.9. The number of aromatic carboxylic acids is 1. The first-order valence-electron chi connectivity index (χ1n) is 11.1. The number of pyridine rings is 1. The van der Waals surface area contributed by atoms with Crippen LogP contribution >= 0.6 is 15.9 Å². The van der Waals surface area contributed by atoms with Crippen LogP contribution in [-0.4, -0.2) is 39.7 Å². The van der Waals surface area contributed by atoms with Crippen LogP contribution in [0.2, 0.25) is 0 Å². The van der Waals surface area contributed by atoms with E-state index < -0.39 is 5.97 Å². The average Bonchev–Trinajstić information content (AvgIpc) is 2.85. The van der Waals surface area contributed by atoms with Crippen molar-refractivity contribution < 1.29 is 19.7 Å². The molecule has 1 aliphatic heterocycles. The fourth-order valence-electron chi connectivity index (χ4n) is 4.61. The zero-order chi connectivity index (χ0) is 24.5. The van der Waals surface area contributed by atoms with Crippen LogP contribution in [0.1, 0.15) is 32.7 Å². The number of hydrogen-bond acceptors (Lipinski definition) is 5. The van der Waals surface area contributed by atoms with E-state index in [1.807, 2.05) is 48.5 Å². The third-order valence-electron chi connectivity index (χ3n) is 6.15. The second-order valence-corrected chi connectivity index (χ2v) is 9.34. The smallest absolute Gasteiger partial charge is 0.336 e. The molecule has 7 heteroatoms. The largest absolute Gasteiger partial charge is 0.503 e. The van der Waals surface area contributed by atoms with E-state index in [-0.39, 0.29) is 5.75 Å². The first-order valence-corrected chi connectivity index (χ1v) is 11.9. The van der Waals surface area contributed by atoms with E-state index >= 15 is 0 Å². The van der Waals surface area contributed by atoms with Crippen molar-refractivity contribution in [2.75, 3.05) is 13.7 Å². The summed E-state index contributed by atoms with van der Waals surface area (Å²) in [7, 11) is 1.50. The van der Waals surface area contributed by atoms with Gasteiger partial charge in [-0.2, -0.15) is 0 Å². The highest BCUT2D eigenvalue weighted by Crippen LogP contribution is 2.38. The van der Waals surface area contributed by atoms with E-state index in [2.05, 4.69) is 33.0 Å². The van der Waals surface area contributed by atoms with Crippen LogP contribution in [0.3, 0.4) is 0 Å². The Labute approximate surface area is 211 Å². The molecule has 4 aromatic rings. The van der Waals surface area contributed by atoms with Crippen LogP contribution in [0, 0.1) is 0 Å². The predicted octanol–water partition coefficient (Wildman–Crippen LogP) is 5.97. The maximum Gasteiger partial charge on any atom is 0.336 e. The topological polar surface area (TPSA) is 82.9 Å². The molecule has 0 radical (unpaired) electrons. The molecule has 0 saturated heterocycles. The Hall–Kier alpha value is -3.68. The number of fused-ring (bicyclic) bond motifs is 2. The van der Waals surface area contributed by atoms with Crippen LogP contribution < -0.4 is 4.74 Å². The molecule has 0 amide bonds. The van der Waals surface area contributed by atoms with Gasteiger partial charge in [0.15, 0.2) is 11.5 Å². The number of aromatic nitrogens is 1. The number of carbonyl (C=O) groups is 1. The monoisotopic (exact) mass is 530 g/mol. The summed E-state index contributed by atoms with van der Waals surface area (Å²) in [5.41, 5.74) is 5.18. The SMILES string of the molecule is COc1cc(/C=C2\CN(Cc3ccccc3)Cc3c2nc2ccccc2c3C(=O)O)cc(Br)c1O. The molecule has 3 aromatic carbocycles. The number of para-hydroxylation sites is 1. The third kappa shape index (κ3) is 4.52. The van der Waals surface area contributed by atoms with Gasteiger partial charge in [0.2, 0.25) is 0 Å². The standard InChI is InChI=1S/C28H23BrN2O4/c1-35-24-13-18(12-22(29)27(24)32)11-19-15-31(14-17-7-3-2-4-8-17)16-21-25(28(33)34)20-9-5-6-10-23(20)30-26(19)21/h2-13,32H,14-16H2,1H3,(H,33,34)/b19-11+. The van der Waals surface area contributed by atoms with Gasteiger partial charge < -0.3 is 14.9 Å². The molecule has 176 valence electrons. The van der Waals surface area contributed by atoms with E-state index in [9.17, 15) is 15.0 Å². The number of phenolic OH excluding ortho intramolecular Hbond substituents is 1. The van der Waals surface area contributed by atoms with Gasteiger partial charge in [0.1, 0.15) is 0 Å². The zero-order valence-electron chi connectivity index (χ0n) is 19.0. The molecular weight excluding hydrogens is 508 g/mol. The number of benzene rings is 3. The van der Waals surface area contributed by atoms with Crippen molar-refractivity contribution >= 4 is 44.5 Å². The number of phenols is 1. The molecule has 5 rings (SSSR count). The molecule has 35 heavy (non-hydrogen) atoms. The molecule has 0 saturated carbocycles.